The smallest absolute Gasteiger partial charge is 0.150 e. The Labute approximate surface area is 74.6 Å². The number of hydrogen-bond donors (Lipinski definition) is 0. The minimum atomic E-state index is -0.490. The van der Waals surface area contributed by atoms with Gasteiger partial charge in [-0.1, -0.05) is 35.9 Å². The molecule has 0 atom stereocenters. The number of rotatable bonds is 0. The molecule has 0 heterocycles. The van der Waals surface area contributed by atoms with Crippen LogP contribution in [0, 0.1) is 11.9 Å². The van der Waals surface area contributed by atoms with Gasteiger partial charge in [0.1, 0.15) is 5.82 Å². The van der Waals surface area contributed by atoms with Gasteiger partial charge < -0.3 is 0 Å². The second-order valence-electron chi connectivity index (χ2n) is 2.52. The van der Waals surface area contributed by atoms with Crippen LogP contribution in [0.25, 0.3) is 10.8 Å². The molecule has 0 saturated heterocycles. The van der Waals surface area contributed by atoms with Crippen LogP contribution in [-0.2, 0) is 0 Å². The molecule has 0 aliphatic rings. The Morgan fingerprint density at radius 2 is 2.00 bits per heavy atom. The normalized spacial score (nSPS) is 10.5. The molecular formula is C10H5ClF. The molecule has 0 N–H and O–H groups in total. The van der Waals surface area contributed by atoms with E-state index in [1.165, 1.54) is 0 Å². The maximum Gasteiger partial charge on any atom is 0.150 e. The predicted molar refractivity (Wildman–Crippen MR) is 47.8 cm³/mol. The first-order chi connectivity index (χ1) is 5.77. The van der Waals surface area contributed by atoms with Crippen molar-refractivity contribution in [2.75, 3.05) is 0 Å². The minimum absolute atomic E-state index is 0.119. The summed E-state index contributed by atoms with van der Waals surface area (Å²) in [5, 5.41) is 1.78. The van der Waals surface area contributed by atoms with Crippen LogP contribution in [0.4, 0.5) is 4.39 Å². The Hall–Kier alpha value is -1.08. The maximum absolute atomic E-state index is 12.9. The van der Waals surface area contributed by atoms with E-state index in [9.17, 15) is 4.39 Å². The Kier molecular flexibility index (Phi) is 1.74. The first kappa shape index (κ1) is 7.56. The highest BCUT2D eigenvalue weighted by molar-refractivity contribution is 6.31. The number of fused-ring (bicyclic) bond motifs is 1. The fourth-order valence-corrected chi connectivity index (χ4v) is 1.28. The van der Waals surface area contributed by atoms with E-state index in [0.29, 0.717) is 0 Å². The van der Waals surface area contributed by atoms with Crippen molar-refractivity contribution >= 4 is 22.4 Å². The maximum atomic E-state index is 12.9. The van der Waals surface area contributed by atoms with Crippen molar-refractivity contribution in [2.45, 2.75) is 0 Å². The van der Waals surface area contributed by atoms with Gasteiger partial charge in [0.25, 0.3) is 0 Å². The third kappa shape index (κ3) is 1.16. The van der Waals surface area contributed by atoms with E-state index in [0.717, 1.165) is 10.8 Å². The lowest BCUT2D eigenvalue weighted by Gasteiger charge is -1.97. The highest BCUT2D eigenvalue weighted by Crippen LogP contribution is 2.21. The van der Waals surface area contributed by atoms with Crippen LogP contribution in [0.15, 0.2) is 30.3 Å². The van der Waals surface area contributed by atoms with Crippen molar-refractivity contribution in [3.63, 3.8) is 0 Å². The summed E-state index contributed by atoms with van der Waals surface area (Å²) in [7, 11) is 0. The van der Waals surface area contributed by atoms with E-state index in [4.69, 9.17) is 11.6 Å². The van der Waals surface area contributed by atoms with Gasteiger partial charge >= 0.3 is 0 Å². The Balaban J connectivity index is 2.84. The van der Waals surface area contributed by atoms with Crippen LogP contribution in [0.2, 0.25) is 5.02 Å². The summed E-state index contributed by atoms with van der Waals surface area (Å²) in [5.74, 6) is -0.490. The first-order valence-corrected chi connectivity index (χ1v) is 3.91. The van der Waals surface area contributed by atoms with E-state index in [-0.39, 0.29) is 5.02 Å². The van der Waals surface area contributed by atoms with Crippen LogP contribution in [0.3, 0.4) is 0 Å². The molecule has 1 radical (unpaired) electrons. The van der Waals surface area contributed by atoms with Crippen molar-refractivity contribution in [1.82, 2.24) is 0 Å². The summed E-state index contributed by atoms with van der Waals surface area (Å²) in [6, 6.07) is 11.6. The zero-order valence-electron chi connectivity index (χ0n) is 6.14. The number of hydrogen-bond acceptors (Lipinski definition) is 0. The van der Waals surface area contributed by atoms with E-state index in [1.54, 1.807) is 12.1 Å². The highest BCUT2D eigenvalue weighted by Gasteiger charge is 2.00. The lowest BCUT2D eigenvalue weighted by atomic mass is 10.1. The molecule has 2 aromatic carbocycles. The van der Waals surface area contributed by atoms with Crippen molar-refractivity contribution < 1.29 is 4.39 Å². The molecule has 0 aliphatic heterocycles. The van der Waals surface area contributed by atoms with Crippen molar-refractivity contribution in [3.8, 4) is 0 Å². The fourth-order valence-electron chi connectivity index (χ4n) is 1.11. The molecule has 0 nitrogen and oxygen atoms in total. The molecule has 0 aliphatic carbocycles. The van der Waals surface area contributed by atoms with E-state index in [1.807, 2.05) is 18.2 Å². The molecule has 12 heavy (non-hydrogen) atoms. The van der Waals surface area contributed by atoms with Crippen LogP contribution < -0.4 is 0 Å². The monoisotopic (exact) mass is 179 g/mol. The average Bonchev–Trinajstić information content (AvgIpc) is 2.07. The first-order valence-electron chi connectivity index (χ1n) is 3.53. The zero-order valence-corrected chi connectivity index (χ0v) is 6.90. The second-order valence-corrected chi connectivity index (χ2v) is 2.93. The van der Waals surface area contributed by atoms with Gasteiger partial charge in [0, 0.05) is 6.07 Å². The summed E-state index contributed by atoms with van der Waals surface area (Å²) in [6.45, 7) is 0. The largest absolute Gasteiger partial charge is 0.205 e. The SMILES string of the molecule is Fc1[c]c2ccccc2cc1Cl. The van der Waals surface area contributed by atoms with Crippen molar-refractivity contribution in [1.29, 1.82) is 0 Å². The van der Waals surface area contributed by atoms with Gasteiger partial charge in [0.2, 0.25) is 0 Å². The molecule has 2 aromatic rings. The fraction of sp³-hybridized carbons (Fsp3) is 0. The second kappa shape index (κ2) is 2.76. The lowest BCUT2D eigenvalue weighted by molar-refractivity contribution is 0.628. The molecule has 59 valence electrons. The summed E-state index contributed by atoms with van der Waals surface area (Å²) < 4.78 is 12.9. The topological polar surface area (TPSA) is 0 Å². The van der Waals surface area contributed by atoms with Crippen LogP contribution in [0.1, 0.15) is 0 Å². The summed E-state index contributed by atoms with van der Waals surface area (Å²) in [5.41, 5.74) is 0. The summed E-state index contributed by atoms with van der Waals surface area (Å²) >= 11 is 5.58. The van der Waals surface area contributed by atoms with Crippen LogP contribution in [0.5, 0.6) is 0 Å². The predicted octanol–water partition coefficient (Wildman–Crippen LogP) is 3.43. The van der Waals surface area contributed by atoms with Gasteiger partial charge in [0.15, 0.2) is 0 Å². The van der Waals surface area contributed by atoms with E-state index in [2.05, 4.69) is 6.07 Å². The Morgan fingerprint density at radius 1 is 1.25 bits per heavy atom. The lowest BCUT2D eigenvalue weighted by Crippen LogP contribution is -1.78. The molecule has 2 rings (SSSR count). The molecule has 0 bridgehead atoms. The van der Waals surface area contributed by atoms with Gasteiger partial charge in [-0.25, -0.2) is 4.39 Å². The minimum Gasteiger partial charge on any atom is -0.205 e. The standard InChI is InChI=1S/C10H5ClF/c11-9-5-7-3-1-2-4-8(7)6-10(9)12/h1-5H. The quantitative estimate of drug-likeness (QED) is 0.581. The average molecular weight is 180 g/mol. The molecular weight excluding hydrogens is 175 g/mol. The molecule has 0 aromatic heterocycles. The molecule has 0 fully saturated rings. The van der Waals surface area contributed by atoms with Crippen molar-refractivity contribution in [2.24, 2.45) is 0 Å². The van der Waals surface area contributed by atoms with E-state index < -0.39 is 5.82 Å². The summed E-state index contributed by atoms with van der Waals surface area (Å²) in [6.07, 6.45) is 0. The Bertz CT molecular complexity index is 383. The van der Waals surface area contributed by atoms with Gasteiger partial charge in [-0.2, -0.15) is 0 Å². The molecule has 0 saturated carbocycles. The van der Waals surface area contributed by atoms with Crippen LogP contribution in [-0.4, -0.2) is 0 Å². The van der Waals surface area contributed by atoms with Gasteiger partial charge in [-0.05, 0) is 16.8 Å². The van der Waals surface area contributed by atoms with Gasteiger partial charge in [-0.3, -0.25) is 0 Å². The molecule has 0 unspecified atom stereocenters. The molecule has 0 spiro atoms. The summed E-state index contributed by atoms with van der Waals surface area (Å²) in [4.78, 5) is 0. The van der Waals surface area contributed by atoms with Crippen molar-refractivity contribution in [3.05, 3.63) is 47.2 Å². The zero-order chi connectivity index (χ0) is 8.55. The molecule has 2 heteroatoms. The number of benzene rings is 2. The highest BCUT2D eigenvalue weighted by atomic mass is 35.5. The number of halogens is 2. The van der Waals surface area contributed by atoms with E-state index >= 15 is 0 Å². The third-order valence-electron chi connectivity index (χ3n) is 1.70. The third-order valence-corrected chi connectivity index (χ3v) is 1.97. The van der Waals surface area contributed by atoms with Gasteiger partial charge in [0.05, 0.1) is 5.02 Å². The molecule has 0 amide bonds. The van der Waals surface area contributed by atoms with Crippen LogP contribution >= 0.6 is 11.6 Å². The Morgan fingerprint density at radius 3 is 2.83 bits per heavy atom. The van der Waals surface area contributed by atoms with Gasteiger partial charge in [-0.15, -0.1) is 0 Å².